The summed E-state index contributed by atoms with van der Waals surface area (Å²) >= 11 is 0. The van der Waals surface area contributed by atoms with E-state index in [9.17, 15) is 5.11 Å². The van der Waals surface area contributed by atoms with Crippen LogP contribution in [-0.2, 0) is 19.6 Å². The first-order chi connectivity index (χ1) is 12.3. The van der Waals surface area contributed by atoms with Crippen LogP contribution in [0, 0.1) is 0 Å². The molecule has 0 aliphatic carbocycles. The number of aromatic nitrogens is 2. The van der Waals surface area contributed by atoms with Crippen molar-refractivity contribution in [2.75, 3.05) is 20.1 Å². The summed E-state index contributed by atoms with van der Waals surface area (Å²) in [6.07, 6.45) is 5.02. The molecule has 3 heterocycles. The fourth-order valence-electron chi connectivity index (χ4n) is 3.81. The van der Waals surface area contributed by atoms with Crippen LogP contribution in [0.3, 0.4) is 0 Å². The lowest BCUT2D eigenvalue weighted by Crippen LogP contribution is -2.27. The molecule has 4 heteroatoms. The Morgan fingerprint density at radius 2 is 1.76 bits per heavy atom. The molecule has 25 heavy (non-hydrogen) atoms. The third-order valence-electron chi connectivity index (χ3n) is 5.16. The van der Waals surface area contributed by atoms with Crippen LogP contribution in [0.2, 0.25) is 0 Å². The van der Waals surface area contributed by atoms with Gasteiger partial charge in [0.2, 0.25) is 0 Å². The van der Waals surface area contributed by atoms with Gasteiger partial charge in [0.15, 0.2) is 0 Å². The highest BCUT2D eigenvalue weighted by molar-refractivity contribution is 5.81. The number of hydrogen-bond acceptors (Lipinski definition) is 3. The van der Waals surface area contributed by atoms with Crippen molar-refractivity contribution in [2.24, 2.45) is 0 Å². The van der Waals surface area contributed by atoms with Gasteiger partial charge in [0.1, 0.15) is 5.82 Å². The van der Waals surface area contributed by atoms with E-state index in [1.807, 2.05) is 20.0 Å². The maximum atomic E-state index is 9.64. The third-order valence-corrected chi connectivity index (χ3v) is 5.16. The van der Waals surface area contributed by atoms with Crippen molar-refractivity contribution in [2.45, 2.75) is 46.3 Å². The molecule has 4 rings (SSSR count). The number of rotatable bonds is 1. The Labute approximate surface area is 150 Å². The minimum atomic E-state index is 0.0503. The summed E-state index contributed by atoms with van der Waals surface area (Å²) in [6.45, 7) is 7.15. The molecule has 134 valence electrons. The van der Waals surface area contributed by atoms with Crippen molar-refractivity contribution in [3.05, 3.63) is 58.7 Å². The minimum Gasteiger partial charge on any atom is -0.390 e. The molecule has 2 aliphatic heterocycles. The van der Waals surface area contributed by atoms with Gasteiger partial charge in [-0.2, -0.15) is 0 Å². The van der Waals surface area contributed by atoms with Gasteiger partial charge < -0.3 is 14.6 Å². The molecule has 2 aromatic rings. The predicted octanol–water partition coefficient (Wildman–Crippen LogP) is 3.49. The molecule has 0 amide bonds. The highest BCUT2D eigenvalue weighted by atomic mass is 16.3. The van der Waals surface area contributed by atoms with Crippen molar-refractivity contribution < 1.29 is 5.11 Å². The highest BCUT2D eigenvalue weighted by Crippen LogP contribution is 2.36. The number of piperidine rings is 1. The fraction of sp³-hybridized carbons (Fsp3) is 0.476. The molecule has 4 nitrogen and oxygen atoms in total. The first kappa shape index (κ1) is 17.9. The maximum absolute atomic E-state index is 9.64. The summed E-state index contributed by atoms with van der Waals surface area (Å²) in [5.41, 5.74) is 6.46. The molecule has 0 spiro atoms. The molecule has 2 aliphatic rings. The van der Waals surface area contributed by atoms with Crippen molar-refractivity contribution in [3.63, 3.8) is 0 Å². The minimum absolute atomic E-state index is 0.0503. The topological polar surface area (TPSA) is 41.3 Å². The highest BCUT2D eigenvalue weighted by Gasteiger charge is 2.25. The summed E-state index contributed by atoms with van der Waals surface area (Å²) in [5.74, 6) is 1.04. The maximum Gasteiger partial charge on any atom is 0.140 e. The Kier molecular flexibility index (Phi) is 5.71. The molecule has 1 saturated heterocycles. The monoisotopic (exact) mass is 339 g/mol. The predicted molar refractivity (Wildman–Crippen MR) is 102 cm³/mol. The zero-order chi connectivity index (χ0) is 17.8. The zero-order valence-corrected chi connectivity index (χ0v) is 15.6. The van der Waals surface area contributed by atoms with Gasteiger partial charge in [0.25, 0.3) is 0 Å². The normalized spacial score (nSPS) is 17.3. The standard InChI is InChI=1S/C19H23N3O.C2H6/c1-21-9-6-15(7-10-21)18-17-5-3-2-4-14(17)8-11-22-16(13-23)12-20-19(18)22;1-2/h2-5,12,23H,6-11,13H2,1H3;1-2H3. The number of nitrogens with zero attached hydrogens (tertiary/aromatic N) is 3. The van der Waals surface area contributed by atoms with Crippen LogP contribution in [0.1, 0.15) is 49.3 Å². The second-order valence-corrected chi connectivity index (χ2v) is 6.57. The van der Waals surface area contributed by atoms with Crippen molar-refractivity contribution in [3.8, 4) is 0 Å². The van der Waals surface area contributed by atoms with E-state index in [0.717, 1.165) is 50.4 Å². The second kappa shape index (κ2) is 7.98. The van der Waals surface area contributed by atoms with E-state index < -0.39 is 0 Å². The molecule has 0 unspecified atom stereocenters. The quantitative estimate of drug-likeness (QED) is 0.865. The van der Waals surface area contributed by atoms with Crippen LogP contribution in [0.4, 0.5) is 0 Å². The van der Waals surface area contributed by atoms with Crippen LogP contribution in [0.15, 0.2) is 36.0 Å². The fourth-order valence-corrected chi connectivity index (χ4v) is 3.81. The summed E-state index contributed by atoms with van der Waals surface area (Å²) < 4.78 is 2.21. The number of aliphatic hydroxyl groups excluding tert-OH is 1. The zero-order valence-electron chi connectivity index (χ0n) is 15.6. The number of hydrogen-bond donors (Lipinski definition) is 1. The first-order valence-corrected chi connectivity index (χ1v) is 9.42. The van der Waals surface area contributed by atoms with Gasteiger partial charge in [0, 0.05) is 25.2 Å². The van der Waals surface area contributed by atoms with E-state index in [1.54, 1.807) is 0 Å². The number of likely N-dealkylation sites (tertiary alicyclic amines) is 1. The van der Waals surface area contributed by atoms with E-state index >= 15 is 0 Å². The SMILES string of the molecule is CC.CN1CCC(=C2c3ccccc3CCn3c(CO)cnc32)CC1. The Morgan fingerprint density at radius 1 is 1.04 bits per heavy atom. The van der Waals surface area contributed by atoms with E-state index in [4.69, 9.17) is 4.98 Å². The summed E-state index contributed by atoms with van der Waals surface area (Å²) in [4.78, 5) is 7.08. The van der Waals surface area contributed by atoms with Crippen LogP contribution in [0.25, 0.3) is 5.57 Å². The third kappa shape index (κ3) is 3.42. The lowest BCUT2D eigenvalue weighted by Gasteiger charge is -2.26. The van der Waals surface area contributed by atoms with Gasteiger partial charge in [-0.15, -0.1) is 0 Å². The van der Waals surface area contributed by atoms with Crippen LogP contribution in [0.5, 0.6) is 0 Å². The lowest BCUT2D eigenvalue weighted by atomic mass is 9.90. The molecular formula is C21H29N3O. The van der Waals surface area contributed by atoms with E-state index in [1.165, 1.54) is 22.3 Å². The first-order valence-electron chi connectivity index (χ1n) is 9.42. The molecule has 0 atom stereocenters. The lowest BCUT2D eigenvalue weighted by molar-refractivity contribution is 0.270. The molecule has 1 aromatic carbocycles. The average Bonchev–Trinajstić information content (AvgIpc) is 2.99. The molecule has 1 aromatic heterocycles. The van der Waals surface area contributed by atoms with Gasteiger partial charge >= 0.3 is 0 Å². The van der Waals surface area contributed by atoms with E-state index in [2.05, 4.69) is 40.8 Å². The molecular weight excluding hydrogens is 310 g/mol. The molecule has 1 N–H and O–H groups in total. The number of imidazole rings is 1. The average molecular weight is 339 g/mol. The van der Waals surface area contributed by atoms with Gasteiger partial charge in [-0.3, -0.25) is 0 Å². The Hall–Kier alpha value is -1.91. The molecule has 0 saturated carbocycles. The molecule has 0 radical (unpaired) electrons. The van der Waals surface area contributed by atoms with Gasteiger partial charge in [-0.05, 0) is 37.4 Å². The van der Waals surface area contributed by atoms with Gasteiger partial charge in [-0.25, -0.2) is 4.98 Å². The summed E-state index contributed by atoms with van der Waals surface area (Å²) in [6, 6.07) is 8.71. The number of aryl methyl sites for hydroxylation is 1. The molecule has 0 bridgehead atoms. The Balaban J connectivity index is 0.000000880. The van der Waals surface area contributed by atoms with E-state index in [0.29, 0.717) is 0 Å². The Bertz CT molecular complexity index is 750. The van der Waals surface area contributed by atoms with E-state index in [-0.39, 0.29) is 6.61 Å². The number of fused-ring (bicyclic) bond motifs is 2. The van der Waals surface area contributed by atoms with Crippen molar-refractivity contribution >= 4 is 5.57 Å². The van der Waals surface area contributed by atoms with Crippen molar-refractivity contribution in [1.29, 1.82) is 0 Å². The smallest absolute Gasteiger partial charge is 0.140 e. The van der Waals surface area contributed by atoms with Crippen molar-refractivity contribution in [1.82, 2.24) is 14.5 Å². The van der Waals surface area contributed by atoms with Crippen LogP contribution in [-0.4, -0.2) is 39.7 Å². The summed E-state index contributed by atoms with van der Waals surface area (Å²) in [5, 5.41) is 9.64. The summed E-state index contributed by atoms with van der Waals surface area (Å²) in [7, 11) is 2.19. The van der Waals surface area contributed by atoms with Gasteiger partial charge in [-0.1, -0.05) is 43.7 Å². The second-order valence-electron chi connectivity index (χ2n) is 6.57. The number of benzene rings is 1. The Morgan fingerprint density at radius 3 is 2.48 bits per heavy atom. The molecule has 1 fully saturated rings. The van der Waals surface area contributed by atoms with Crippen LogP contribution >= 0.6 is 0 Å². The number of aliphatic hydroxyl groups is 1. The largest absolute Gasteiger partial charge is 0.390 e. The van der Waals surface area contributed by atoms with Crippen LogP contribution < -0.4 is 0 Å². The van der Waals surface area contributed by atoms with Gasteiger partial charge in [0.05, 0.1) is 18.5 Å².